The summed E-state index contributed by atoms with van der Waals surface area (Å²) in [5.41, 5.74) is 9.00. The Morgan fingerprint density at radius 1 is 0.485 bits per heavy atom. The van der Waals surface area contributed by atoms with Gasteiger partial charge in [-0.25, -0.2) is 0 Å². The van der Waals surface area contributed by atoms with Crippen LogP contribution in [-0.4, -0.2) is 32.7 Å². The van der Waals surface area contributed by atoms with E-state index in [2.05, 4.69) is 11.2 Å². The van der Waals surface area contributed by atoms with Crippen LogP contribution in [0.1, 0.15) is 37.1 Å². The topological polar surface area (TPSA) is 438 Å². The third-order valence-electron chi connectivity index (χ3n) is 0. The van der Waals surface area contributed by atoms with Gasteiger partial charge in [-0.1, -0.05) is 48.3 Å². The minimum atomic E-state index is -3.11. The first-order valence-electron chi connectivity index (χ1n) is 2.65. The number of carbonyl (C=O) groups excluding carboxylic acids is 2. The molecule has 0 bridgehead atoms. The van der Waals surface area contributed by atoms with E-state index in [0.29, 0.717) is 0 Å². The number of hydrogen-bond donors (Lipinski definition) is 2. The van der Waals surface area contributed by atoms with Gasteiger partial charge in [0.2, 0.25) is 0 Å². The molecule has 0 aliphatic carbocycles. The monoisotopic (exact) mass is 580 g/mol. The fraction of sp³-hybridized carbons (Fsp3) is 0.833. The molecule has 210 valence electrons. The fourth-order valence-corrected chi connectivity index (χ4v) is 0. The van der Waals surface area contributed by atoms with Gasteiger partial charge in [0.25, 0.3) is 0 Å². The molecule has 0 spiro atoms. The van der Waals surface area contributed by atoms with Crippen LogP contribution >= 0.6 is 0 Å². The molecule has 0 saturated heterocycles. The van der Waals surface area contributed by atoms with E-state index in [1.54, 1.807) is 0 Å². The van der Waals surface area contributed by atoms with Crippen molar-refractivity contribution in [1.29, 1.82) is 11.2 Å². The van der Waals surface area contributed by atoms with Crippen molar-refractivity contribution >= 4 is 28.3 Å². The van der Waals surface area contributed by atoms with Gasteiger partial charge in [0, 0.05) is 97.3 Å². The molecule has 4 N–H and O–H groups in total. The van der Waals surface area contributed by atoms with Crippen molar-refractivity contribution < 1.29 is 73.8 Å². The molecule has 0 aliphatic rings. The Kier molecular flexibility index (Phi) is 35400. The molecule has 0 aromatic rings. The van der Waals surface area contributed by atoms with Gasteiger partial charge in [0.1, 0.15) is 0 Å². The SMILES string of the molecule is C.C.C.C.C.N=O.N=O.O.O=C=O.O=O.O=O.O=O.O=O.O=O.O=O.O=S(=O)=O.O=S=O.[Ar]. The number of nitroso groups, excluding NO2 is 2. The predicted octanol–water partition coefficient (Wildman–Crippen LogP) is 1.16. The van der Waals surface area contributed by atoms with Crippen LogP contribution in [0.2, 0.25) is 0 Å². The average molecular weight is 580 g/mol. The van der Waals surface area contributed by atoms with E-state index < -0.39 is 22.2 Å². The van der Waals surface area contributed by atoms with Gasteiger partial charge in [0.05, 0.1) is 0 Å². The summed E-state index contributed by atoms with van der Waals surface area (Å²) >= 11 is -0.750. The first-order valence-corrected chi connectivity index (χ1v) is 4.32. The molecular formula is C6H24ArN2O22S2. The molecular weight excluding hydrogens is 556 g/mol. The Hall–Kier alpha value is -3.16. The van der Waals surface area contributed by atoms with Crippen LogP contribution in [0.4, 0.5) is 0 Å². The van der Waals surface area contributed by atoms with Crippen molar-refractivity contribution in [3.8, 4) is 0 Å². The number of hydrogen-bond acceptors (Lipinski definition) is 23. The summed E-state index contributed by atoms with van der Waals surface area (Å²) in [4.78, 5) is 115. The molecule has 0 aliphatic heterocycles. The van der Waals surface area contributed by atoms with Crippen molar-refractivity contribution in [3.05, 3.63) is 69.4 Å². The first kappa shape index (κ1) is 177. The van der Waals surface area contributed by atoms with Crippen LogP contribution in [0.5, 0.6) is 0 Å². The summed E-state index contributed by atoms with van der Waals surface area (Å²) in [7, 11) is -3.11. The summed E-state index contributed by atoms with van der Waals surface area (Å²) < 4.78 is 41.9. The molecule has 0 unspecified atom stereocenters. The van der Waals surface area contributed by atoms with Gasteiger partial charge in [-0.2, -0.15) is 27.8 Å². The molecule has 0 aromatic heterocycles. The van der Waals surface area contributed by atoms with Crippen molar-refractivity contribution in [2.75, 3.05) is 0 Å². The average Bonchev–Trinajstić information content (AvgIpc) is 2.74. The van der Waals surface area contributed by atoms with E-state index in [0.717, 1.165) is 0 Å². The van der Waals surface area contributed by atoms with Crippen LogP contribution in [0.25, 0.3) is 0 Å². The third kappa shape index (κ3) is 2080. The molecule has 0 heterocycles. The second-order valence-electron chi connectivity index (χ2n) is 0.355. The van der Waals surface area contributed by atoms with Crippen molar-refractivity contribution in [3.63, 3.8) is 0 Å². The summed E-state index contributed by atoms with van der Waals surface area (Å²) in [6.45, 7) is 0. The van der Waals surface area contributed by atoms with Crippen LogP contribution in [0.3, 0.4) is 0 Å². The molecule has 0 fully saturated rings. The van der Waals surface area contributed by atoms with Crippen molar-refractivity contribution in [2.24, 2.45) is 0 Å². The van der Waals surface area contributed by atoms with Gasteiger partial charge in [-0.3, -0.25) is 0 Å². The van der Waals surface area contributed by atoms with Gasteiger partial charge in [-0.05, 0) is 0 Å². The van der Waals surface area contributed by atoms with Crippen molar-refractivity contribution in [2.45, 2.75) is 37.1 Å². The van der Waals surface area contributed by atoms with E-state index in [1.165, 1.54) is 0 Å². The predicted molar refractivity (Wildman–Crippen MR) is 113 cm³/mol. The molecule has 33 heavy (non-hydrogen) atoms. The largest absolute Gasteiger partial charge is 0.425 e. The second kappa shape index (κ2) is 6600. The Morgan fingerprint density at radius 3 is 0.485 bits per heavy atom. The standard InChI is InChI=1S/CO2.5CH4.Ar.2HNO.O3S.O2S.6O2.H2O/c2-1-3;;;;;;;2*1-2;1-4(2)3;1-3-2;6*1-2;/h;5*1H4;;2*1H;;;;;;;;;1H2. The molecule has 24 nitrogen and oxygen atoms in total. The molecule has 0 atom stereocenters. The zero-order valence-corrected chi connectivity index (χ0v) is 14.1. The first-order chi connectivity index (χ1) is 12.6. The molecule has 0 rings (SSSR count). The van der Waals surface area contributed by atoms with Gasteiger partial charge >= 0.3 is 28.3 Å². The summed E-state index contributed by atoms with van der Waals surface area (Å²) in [6.07, 6.45) is 0.250. The van der Waals surface area contributed by atoms with Gasteiger partial charge < -0.3 is 5.48 Å². The summed E-state index contributed by atoms with van der Waals surface area (Å²) in [6, 6.07) is 0. The van der Waals surface area contributed by atoms with E-state index in [-0.39, 0.29) is 86.5 Å². The smallest absolute Gasteiger partial charge is 0.412 e. The Balaban J connectivity index is -0.00000000464. The number of nitrogens with one attached hydrogen (secondary N) is 2. The Morgan fingerprint density at radius 2 is 0.485 bits per heavy atom. The summed E-state index contributed by atoms with van der Waals surface area (Å²) in [5, 5.41) is 0. The molecule has 0 radical (unpaired) electrons. The van der Waals surface area contributed by atoms with Crippen LogP contribution < -0.4 is 0 Å². The van der Waals surface area contributed by atoms with Crippen LogP contribution in [0.15, 0.2) is 0 Å². The minimum absolute atomic E-state index is 0. The van der Waals surface area contributed by atoms with E-state index in [9.17, 15) is 0 Å². The Labute approximate surface area is 219 Å². The quantitative estimate of drug-likeness (QED) is 0.379. The molecule has 0 amide bonds. The fourth-order valence-electron chi connectivity index (χ4n) is 0. The molecule has 27 heteroatoms. The molecule has 0 aromatic carbocycles. The maximum Gasteiger partial charge on any atom is 0.425 e. The maximum absolute atomic E-state index is 8.44. The molecule has 0 saturated carbocycles. The zero-order valence-electron chi connectivity index (χ0n) is 11.7. The minimum Gasteiger partial charge on any atom is -0.412 e. The Bertz CT molecular complexity index is 304. The second-order valence-corrected chi connectivity index (χ2v) is 0.900. The van der Waals surface area contributed by atoms with Gasteiger partial charge in [0.15, 0.2) is 0 Å². The zero-order chi connectivity index (χ0) is 25.0. The maximum atomic E-state index is 8.44. The number of rotatable bonds is 0. The van der Waals surface area contributed by atoms with Crippen molar-refractivity contribution in [1.82, 2.24) is 0 Å². The van der Waals surface area contributed by atoms with Crippen LogP contribution in [-0.2, 0) is 31.8 Å². The van der Waals surface area contributed by atoms with Gasteiger partial charge in [-0.15, -0.1) is 12.6 Å². The van der Waals surface area contributed by atoms with E-state index in [4.69, 9.17) is 100 Å². The van der Waals surface area contributed by atoms with E-state index in [1.807, 2.05) is 0 Å². The van der Waals surface area contributed by atoms with Crippen LogP contribution in [0, 0.1) is 118 Å². The third-order valence-corrected chi connectivity index (χ3v) is 0. The summed E-state index contributed by atoms with van der Waals surface area (Å²) in [5.74, 6) is 0. The normalized spacial score (nSPS) is 2.30. The van der Waals surface area contributed by atoms with E-state index >= 15 is 0 Å².